The number of aryl methyl sites for hydroxylation is 1. The monoisotopic (exact) mass is 384 g/mol. The van der Waals surface area contributed by atoms with Crippen LogP contribution in [0.25, 0.3) is 0 Å². The maximum Gasteiger partial charge on any atom is 0.243 e. The Morgan fingerprint density at radius 2 is 2.04 bits per heavy atom. The highest BCUT2D eigenvalue weighted by Gasteiger charge is 2.29. The summed E-state index contributed by atoms with van der Waals surface area (Å²) in [6.07, 6.45) is 3.37. The summed E-state index contributed by atoms with van der Waals surface area (Å²) in [7, 11) is 0. The van der Waals surface area contributed by atoms with E-state index in [0.29, 0.717) is 33.0 Å². The molecule has 0 atom stereocenters. The van der Waals surface area contributed by atoms with Crippen LogP contribution in [0.5, 0.6) is 0 Å². The molecule has 1 amide bonds. The molecule has 8 heteroatoms. The summed E-state index contributed by atoms with van der Waals surface area (Å²) < 4.78 is 1.61. The summed E-state index contributed by atoms with van der Waals surface area (Å²) in [5.41, 5.74) is 4.61. The fourth-order valence-corrected chi connectivity index (χ4v) is 3.05. The van der Waals surface area contributed by atoms with Gasteiger partial charge in [0.2, 0.25) is 5.91 Å². The molecular formula is C16H15Cl3N4O. The zero-order chi connectivity index (χ0) is 17.3. The highest BCUT2D eigenvalue weighted by Crippen LogP contribution is 2.29. The molecule has 1 aliphatic carbocycles. The minimum atomic E-state index is -0.0599. The van der Waals surface area contributed by atoms with Crippen molar-refractivity contribution in [1.29, 1.82) is 0 Å². The highest BCUT2D eigenvalue weighted by atomic mass is 35.5. The lowest BCUT2D eigenvalue weighted by Gasteiger charge is -2.08. The van der Waals surface area contributed by atoms with Gasteiger partial charge in [-0.15, -0.1) is 0 Å². The Kier molecular flexibility index (Phi) is 5.13. The second-order valence-corrected chi connectivity index (χ2v) is 6.83. The minimum Gasteiger partial charge on any atom is -0.273 e. The van der Waals surface area contributed by atoms with Crippen LogP contribution in [0.4, 0.5) is 0 Å². The van der Waals surface area contributed by atoms with Gasteiger partial charge in [-0.1, -0.05) is 40.9 Å². The highest BCUT2D eigenvalue weighted by molar-refractivity contribution is 6.36. The summed E-state index contributed by atoms with van der Waals surface area (Å²) in [4.78, 5) is 11.6. The smallest absolute Gasteiger partial charge is 0.243 e. The van der Waals surface area contributed by atoms with E-state index in [1.54, 1.807) is 22.9 Å². The van der Waals surface area contributed by atoms with Crippen LogP contribution in [0.1, 0.15) is 29.7 Å². The molecule has 0 bridgehead atoms. The van der Waals surface area contributed by atoms with Crippen LogP contribution >= 0.6 is 34.8 Å². The van der Waals surface area contributed by atoms with Crippen molar-refractivity contribution >= 4 is 46.9 Å². The quantitative estimate of drug-likeness (QED) is 0.623. The van der Waals surface area contributed by atoms with Crippen LogP contribution < -0.4 is 5.43 Å². The molecule has 0 aliphatic heterocycles. The molecule has 0 saturated heterocycles. The average molecular weight is 386 g/mol. The topological polar surface area (TPSA) is 59.3 Å². The van der Waals surface area contributed by atoms with E-state index in [1.807, 2.05) is 6.92 Å². The molecular weight excluding hydrogens is 371 g/mol. The van der Waals surface area contributed by atoms with E-state index in [9.17, 15) is 4.79 Å². The maximum absolute atomic E-state index is 11.6. The number of rotatable bonds is 5. The lowest BCUT2D eigenvalue weighted by molar-refractivity contribution is -0.122. The molecule has 1 saturated carbocycles. The van der Waals surface area contributed by atoms with E-state index < -0.39 is 0 Å². The Bertz CT molecular complexity index is 792. The van der Waals surface area contributed by atoms with Gasteiger partial charge in [0.25, 0.3) is 0 Å². The van der Waals surface area contributed by atoms with Crippen LogP contribution in [0.15, 0.2) is 23.3 Å². The van der Waals surface area contributed by atoms with Crippen LogP contribution in [0, 0.1) is 12.8 Å². The summed E-state index contributed by atoms with van der Waals surface area (Å²) in [5, 5.41) is 9.88. The predicted octanol–water partition coefficient (Wildman–Crippen LogP) is 4.06. The van der Waals surface area contributed by atoms with E-state index in [2.05, 4.69) is 15.6 Å². The lowest BCUT2D eigenvalue weighted by Crippen LogP contribution is -2.19. The van der Waals surface area contributed by atoms with Gasteiger partial charge in [0.05, 0.1) is 24.0 Å². The third kappa shape index (κ3) is 3.74. The molecule has 0 radical (unpaired) electrons. The number of halogens is 3. The lowest BCUT2D eigenvalue weighted by atomic mass is 10.2. The van der Waals surface area contributed by atoms with Crippen LogP contribution in [0.2, 0.25) is 15.2 Å². The van der Waals surface area contributed by atoms with Gasteiger partial charge in [-0.05, 0) is 31.9 Å². The largest absolute Gasteiger partial charge is 0.273 e. The second-order valence-electron chi connectivity index (χ2n) is 5.66. The van der Waals surface area contributed by atoms with E-state index >= 15 is 0 Å². The Labute approximate surface area is 154 Å². The fraction of sp³-hybridized carbons (Fsp3) is 0.312. The van der Waals surface area contributed by atoms with E-state index in [0.717, 1.165) is 18.4 Å². The van der Waals surface area contributed by atoms with Crippen LogP contribution in [0.3, 0.4) is 0 Å². The maximum atomic E-state index is 11.6. The summed E-state index contributed by atoms with van der Waals surface area (Å²) in [6, 6.07) is 5.32. The van der Waals surface area contributed by atoms with Crippen molar-refractivity contribution in [3.63, 3.8) is 0 Å². The van der Waals surface area contributed by atoms with Gasteiger partial charge in [0, 0.05) is 21.5 Å². The van der Waals surface area contributed by atoms with Gasteiger partial charge in [-0.3, -0.25) is 4.79 Å². The normalized spacial score (nSPS) is 14.3. The van der Waals surface area contributed by atoms with Crippen molar-refractivity contribution < 1.29 is 4.79 Å². The number of hydrogen-bond acceptors (Lipinski definition) is 3. The molecule has 2 aromatic rings. The summed E-state index contributed by atoms with van der Waals surface area (Å²) in [5.74, 6) is 0.0408. The van der Waals surface area contributed by atoms with Crippen molar-refractivity contribution in [2.75, 3.05) is 0 Å². The van der Waals surface area contributed by atoms with E-state index in [1.165, 1.54) is 6.21 Å². The van der Waals surface area contributed by atoms with Crippen LogP contribution in [-0.2, 0) is 11.3 Å². The molecule has 1 aliphatic rings. The Balaban J connectivity index is 1.78. The Morgan fingerprint density at radius 1 is 1.38 bits per heavy atom. The predicted molar refractivity (Wildman–Crippen MR) is 96.0 cm³/mol. The van der Waals surface area contributed by atoms with Crippen molar-refractivity contribution in [3.8, 4) is 0 Å². The molecule has 126 valence electrons. The first-order chi connectivity index (χ1) is 11.5. The van der Waals surface area contributed by atoms with Crippen molar-refractivity contribution in [2.24, 2.45) is 11.0 Å². The molecule has 3 rings (SSSR count). The number of hydrogen-bond donors (Lipinski definition) is 1. The number of hydrazone groups is 1. The number of carbonyl (C=O) groups is 1. The zero-order valence-corrected chi connectivity index (χ0v) is 15.2. The third-order valence-electron chi connectivity index (χ3n) is 3.80. The van der Waals surface area contributed by atoms with E-state index in [4.69, 9.17) is 34.8 Å². The zero-order valence-electron chi connectivity index (χ0n) is 12.9. The first-order valence-corrected chi connectivity index (χ1v) is 8.59. The van der Waals surface area contributed by atoms with Gasteiger partial charge >= 0.3 is 0 Å². The number of nitrogens with zero attached hydrogens (tertiary/aromatic N) is 3. The average Bonchev–Trinajstić information content (AvgIpc) is 3.34. The summed E-state index contributed by atoms with van der Waals surface area (Å²) in [6.45, 7) is 2.17. The summed E-state index contributed by atoms with van der Waals surface area (Å²) >= 11 is 18.8. The van der Waals surface area contributed by atoms with Gasteiger partial charge < -0.3 is 0 Å². The molecule has 0 spiro atoms. The van der Waals surface area contributed by atoms with Gasteiger partial charge in [-0.25, -0.2) is 10.1 Å². The number of carbonyl (C=O) groups excluding carboxylic acids is 1. The SMILES string of the molecule is Cc1nn(Cc2c(Cl)cccc2Cl)c(Cl)c1/C=N\NC(=O)C1CC1. The molecule has 1 aromatic carbocycles. The molecule has 5 nitrogen and oxygen atoms in total. The fourth-order valence-electron chi connectivity index (χ4n) is 2.25. The van der Waals surface area contributed by atoms with Crippen LogP contribution in [-0.4, -0.2) is 21.9 Å². The first kappa shape index (κ1) is 17.3. The number of amides is 1. The standard InChI is InChI=1S/C16H15Cl3N4O/c1-9-11(7-20-21-16(24)10-5-6-10)15(19)23(22-9)8-12-13(17)3-2-4-14(12)18/h2-4,7,10H,5-6,8H2,1H3,(H,21,24)/b20-7-. The molecule has 24 heavy (non-hydrogen) atoms. The van der Waals surface area contributed by atoms with Gasteiger partial charge in [0.1, 0.15) is 5.15 Å². The Hall–Kier alpha value is -1.56. The molecule has 1 aromatic heterocycles. The van der Waals surface area contributed by atoms with Crippen molar-refractivity contribution in [1.82, 2.24) is 15.2 Å². The number of benzene rings is 1. The molecule has 1 N–H and O–H groups in total. The molecule has 1 heterocycles. The molecule has 0 unspecified atom stereocenters. The third-order valence-corrected chi connectivity index (χ3v) is 4.90. The second kappa shape index (κ2) is 7.13. The number of nitrogens with one attached hydrogen (secondary N) is 1. The van der Waals surface area contributed by atoms with Gasteiger partial charge in [0.15, 0.2) is 0 Å². The number of aromatic nitrogens is 2. The van der Waals surface area contributed by atoms with E-state index in [-0.39, 0.29) is 11.8 Å². The minimum absolute atomic E-state index is 0.0599. The first-order valence-electron chi connectivity index (χ1n) is 7.46. The van der Waals surface area contributed by atoms with Crippen molar-refractivity contribution in [2.45, 2.75) is 26.3 Å². The van der Waals surface area contributed by atoms with Crippen molar-refractivity contribution in [3.05, 3.63) is 50.2 Å². The molecule has 1 fully saturated rings. The van der Waals surface area contributed by atoms with Gasteiger partial charge in [-0.2, -0.15) is 10.2 Å². The Morgan fingerprint density at radius 3 is 2.67 bits per heavy atom.